The average molecular weight is 3970 g/mol. The molecule has 0 aromatic heterocycles. The van der Waals surface area contributed by atoms with Gasteiger partial charge in [-0.2, -0.15) is 122 Å². The third-order valence-electron chi connectivity index (χ3n) is 11.7. The summed E-state index contributed by atoms with van der Waals surface area (Å²) in [6.07, 6.45) is 52.3. The van der Waals surface area contributed by atoms with Gasteiger partial charge in [0.25, 0.3) is 0 Å². The Morgan fingerprint density at radius 3 is 0.125 bits per heavy atom. The maximum atomic E-state index is 2.16. The van der Waals surface area contributed by atoms with Gasteiger partial charge in [-0.05, 0) is 0 Å². The van der Waals surface area contributed by atoms with Gasteiger partial charge >= 0.3 is 0 Å². The van der Waals surface area contributed by atoms with E-state index in [0.717, 1.165) is 0 Å². The Bertz CT molecular complexity index is 498. The molecule has 0 spiro atoms. The van der Waals surface area contributed by atoms with Gasteiger partial charge in [-0.3, -0.25) is 0 Å². The quantitative estimate of drug-likeness (QED) is 0.233. The molecule has 690 valence electrons. The van der Waals surface area contributed by atoms with Crippen molar-refractivity contribution in [3.8, 4) is 0 Å². The van der Waals surface area contributed by atoms with Crippen molar-refractivity contribution in [2.24, 2.45) is 0 Å². The van der Waals surface area contributed by atoms with Crippen LogP contribution in [0.5, 0.6) is 0 Å². The van der Waals surface area contributed by atoms with E-state index in [1.54, 1.807) is 0 Å². The van der Waals surface area contributed by atoms with Crippen molar-refractivity contribution >= 4 is 0 Å². The summed E-state index contributed by atoms with van der Waals surface area (Å²) >= 11 is 0. The summed E-state index contributed by atoms with van der Waals surface area (Å²) in [5.41, 5.74) is 0. The normalized spacial score (nSPS) is 8.70. The zero-order chi connectivity index (χ0) is 58.9. The molecule has 0 aromatic carbocycles. The van der Waals surface area contributed by atoms with E-state index in [4.69, 9.17) is 0 Å². The van der Waals surface area contributed by atoms with Crippen LogP contribution in [0.15, 0.2) is 0 Å². The van der Waals surface area contributed by atoms with Gasteiger partial charge in [0.05, 0.1) is 0 Å². The summed E-state index contributed by atoms with van der Waals surface area (Å²) < 4.78 is 0. The first kappa shape index (κ1) is 409. The Kier molecular flexibility index (Phi) is 1560. The zero-order valence-corrected chi connectivity index (χ0v) is 179. The minimum absolute atomic E-state index is 0. The molecule has 0 aliphatic heterocycles. The second-order valence-corrected chi connectivity index (χ2v) is 20.0. The van der Waals surface area contributed by atoms with E-state index in [1.165, 1.54) is 267 Å². The van der Waals surface area contributed by atoms with Gasteiger partial charge in [0.15, 0.2) is 0 Å². The van der Waals surface area contributed by atoms with Crippen LogP contribution in [0.25, 0.3) is 0 Å². The van der Waals surface area contributed by atoms with Crippen LogP contribution in [0.1, 0.15) is 439 Å². The summed E-state index contributed by atoms with van der Waals surface area (Å²) in [6.45, 7) is 62.6. The van der Waals surface area contributed by atoms with E-state index in [0.29, 0.717) is 0 Å². The molecule has 0 bridgehead atoms. The first-order chi connectivity index (χ1) is 34.6. The Labute approximate surface area is 1550 Å². The summed E-state index contributed by atoms with van der Waals surface area (Å²) in [5.74, 6) is 9.03. The van der Waals surface area contributed by atoms with E-state index >= 15 is 0 Å². The largest absolute Gasteiger partial charge is 0.358 e. The summed E-state index contributed by atoms with van der Waals surface area (Å²) in [7, 11) is 0. The summed E-state index contributed by atoms with van der Waals surface area (Å²) in [4.78, 5) is 0. The van der Waals surface area contributed by atoms with Crippen LogP contribution in [-0.4, -0.2) is 0 Å². The van der Waals surface area contributed by atoms with Crippen molar-refractivity contribution in [2.75, 3.05) is 0 Å². The molecule has 6 aliphatic carbocycles. The van der Waals surface area contributed by atoms with Crippen molar-refractivity contribution in [1.82, 2.24) is 0 Å². The predicted octanol–water partition coefficient (Wildman–Crippen LogP) is 38.0. The predicted molar refractivity (Wildman–Crippen MR) is 471 cm³/mol. The molecule has 30 heteroatoms. The van der Waals surface area contributed by atoms with Gasteiger partial charge in [-0.25, -0.2) is 0 Å². The topological polar surface area (TPSA) is 0 Å². The second kappa shape index (κ2) is 458. The molecule has 0 unspecified atom stereocenters. The summed E-state index contributed by atoms with van der Waals surface area (Å²) in [5, 5.41) is 0. The molecule has 120 heavy (non-hydrogen) atoms. The van der Waals surface area contributed by atoms with E-state index < -0.39 is 0 Å². The Balaban J connectivity index is -0.00000000538. The first-order valence-electron chi connectivity index (χ1n) is 33.4. The van der Waals surface area contributed by atoms with E-state index in [2.05, 4.69) is 125 Å². The molecule has 0 amide bonds. The Morgan fingerprint density at radius 1 is 0.100 bits per heavy atom. The molecular formula is C90H216Y30-24. The fraction of sp³-hybridized carbons (Fsp3) is 0.733. The molecule has 6 fully saturated rings. The van der Waals surface area contributed by atoms with Gasteiger partial charge in [-0.15, -0.1) is 0 Å². The number of rotatable bonds is 6. The molecule has 0 N–H and O–H groups in total. The standard InChI is InChI=1S/6C5H10.6C5H11.6C2H6.18CH3.30Y/c6*1-2-4-5-3-1;6*1-4-5(2)3;6*1-2;;;;;;;;;;;;;;;;;;;;;;;;;;;;;;;;;;;;;;;;;;;;;;;;/h6*1-5H2;6*4H2,1-3H3;6*1-2H3;18*1H3;;;;;;;;;;;;;;;;;;;;;;;;;;;;;;/q;;;;;;6*-1;;;;;;;18*-1;;;;;;;;;;;;;;;;;;;;;;;;;;;;;;. The van der Waals surface area contributed by atoms with Crippen LogP contribution < -0.4 is 0 Å². The molecule has 0 heterocycles. The van der Waals surface area contributed by atoms with E-state index in [-0.39, 0.29) is 1110 Å². The fourth-order valence-electron chi connectivity index (χ4n) is 5.30. The van der Waals surface area contributed by atoms with Crippen LogP contribution in [0, 0.1) is 169 Å². The molecule has 6 rings (SSSR count). The monoisotopic (exact) mass is 3960 g/mol. The van der Waals surface area contributed by atoms with Crippen molar-refractivity contribution in [3.63, 3.8) is 0 Å². The molecule has 0 atom stereocenters. The molecule has 0 nitrogen and oxygen atoms in total. The molecular weight excluding hydrogens is 3750 g/mol. The average Bonchev–Trinajstić information content (AvgIpc) is 3.67. The maximum absolute atomic E-state index is 2.16. The van der Waals surface area contributed by atoms with Crippen LogP contribution in [-0.2, 0) is 981 Å². The van der Waals surface area contributed by atoms with Crippen molar-refractivity contribution in [3.05, 3.63) is 169 Å². The van der Waals surface area contributed by atoms with Gasteiger partial charge < -0.3 is 169 Å². The van der Waals surface area contributed by atoms with Crippen LogP contribution >= 0.6 is 0 Å². The molecule has 6 saturated carbocycles. The Hall–Kier alpha value is 33.1. The zero-order valence-electron chi connectivity index (χ0n) is 93.8. The third kappa shape index (κ3) is 604. The smallest absolute Gasteiger partial charge is 0 e. The minimum atomic E-state index is 0. The van der Waals surface area contributed by atoms with Gasteiger partial charge in [0, 0.05) is 981 Å². The second-order valence-electron chi connectivity index (χ2n) is 20.0. The maximum Gasteiger partial charge on any atom is 0 e. The Morgan fingerprint density at radius 2 is 0.117 bits per heavy atom. The van der Waals surface area contributed by atoms with E-state index in [1.807, 2.05) is 83.1 Å². The first-order valence-corrected chi connectivity index (χ1v) is 33.4. The molecule has 6 aliphatic rings. The van der Waals surface area contributed by atoms with Crippen LogP contribution in [0.4, 0.5) is 0 Å². The van der Waals surface area contributed by atoms with Gasteiger partial charge in [0.2, 0.25) is 0 Å². The molecule has 30 radical (unpaired) electrons. The van der Waals surface area contributed by atoms with Crippen LogP contribution in [0.2, 0.25) is 0 Å². The number of hydrogen-bond acceptors (Lipinski definition) is 0. The van der Waals surface area contributed by atoms with Crippen molar-refractivity contribution in [1.29, 1.82) is 0 Å². The van der Waals surface area contributed by atoms with Crippen molar-refractivity contribution in [2.45, 2.75) is 439 Å². The van der Waals surface area contributed by atoms with Gasteiger partial charge in [0.1, 0.15) is 0 Å². The SMILES string of the molecule is C1CCCC1.C1CCCC1.C1CCCC1.C1CCCC1.C1CCCC1.C1CCCC1.CC.CC.CC.CC.CC.CC.CC[C-](C)C.CC[C-](C)C.CC[C-](C)C.CC[C-](C)C.CC[C-](C)C.CC[C-](C)C.[CH3-].[CH3-].[CH3-].[CH3-].[CH3-].[CH3-].[CH3-].[CH3-].[CH3-].[CH3-].[CH3-].[CH3-].[CH3-].[CH3-].[CH3-].[CH3-].[CH3-].[CH3-].[Y].[Y].[Y].[Y].[Y].[Y].[Y].[Y].[Y].[Y].[Y].[Y].[Y].[Y].[Y].[Y].[Y].[Y].[Y].[Y].[Y].[Y].[Y].[Y].[Y].[Y].[Y].[Y].[Y].[Y]. The molecule has 0 saturated heterocycles. The van der Waals surface area contributed by atoms with Crippen LogP contribution in [0.3, 0.4) is 0 Å². The number of hydrogen-bond donors (Lipinski definition) is 0. The fourth-order valence-corrected chi connectivity index (χ4v) is 5.30. The van der Waals surface area contributed by atoms with Crippen molar-refractivity contribution < 1.29 is 981 Å². The van der Waals surface area contributed by atoms with E-state index in [9.17, 15) is 0 Å². The van der Waals surface area contributed by atoms with Gasteiger partial charge in [-0.1, -0.05) is 317 Å². The third-order valence-corrected chi connectivity index (χ3v) is 11.7. The molecule has 0 aromatic rings. The minimum Gasteiger partial charge on any atom is -0.358 e. The summed E-state index contributed by atoms with van der Waals surface area (Å²) in [6, 6.07) is 0.